The van der Waals surface area contributed by atoms with Gasteiger partial charge in [-0.15, -0.1) is 0 Å². The van der Waals surface area contributed by atoms with Gasteiger partial charge >= 0.3 is 0 Å². The molecule has 3 rings (SSSR count). The van der Waals surface area contributed by atoms with Crippen molar-refractivity contribution in [2.45, 2.75) is 6.54 Å². The first kappa shape index (κ1) is 10.4. The van der Waals surface area contributed by atoms with Crippen molar-refractivity contribution in [3.05, 3.63) is 40.7 Å². The van der Waals surface area contributed by atoms with Gasteiger partial charge in [0.2, 0.25) is 0 Å². The number of benzene rings is 1. The fourth-order valence-electron chi connectivity index (χ4n) is 2.04. The number of nitrogens with one attached hydrogen (secondary N) is 1. The molecule has 0 spiro atoms. The molecule has 0 radical (unpaired) electrons. The third-order valence-corrected chi connectivity index (χ3v) is 3.13. The molecule has 1 aromatic heterocycles. The average molecular weight is 233 g/mol. The molecule has 88 valence electrons. The number of nitrogens with zero attached hydrogens (tertiary/aromatic N) is 2. The highest BCUT2D eigenvalue weighted by Gasteiger charge is 2.18. The third-order valence-electron chi connectivity index (χ3n) is 3.13. The third kappa shape index (κ3) is 1.72. The highest BCUT2D eigenvalue weighted by atomic mass is 19.1. The Kier molecular flexibility index (Phi) is 2.40. The highest BCUT2D eigenvalue weighted by Crippen LogP contribution is 2.11. The van der Waals surface area contributed by atoms with Gasteiger partial charge in [-0.1, -0.05) is 6.07 Å². The van der Waals surface area contributed by atoms with E-state index in [4.69, 9.17) is 0 Å². The summed E-state index contributed by atoms with van der Waals surface area (Å²) in [4.78, 5) is 16.1. The lowest BCUT2D eigenvalue weighted by molar-refractivity contribution is 0.303. The molecule has 1 aliphatic rings. The van der Waals surface area contributed by atoms with Crippen LogP contribution in [0.2, 0.25) is 0 Å². The quantitative estimate of drug-likeness (QED) is 0.832. The number of para-hydroxylation sites is 1. The second-order valence-electron chi connectivity index (χ2n) is 4.36. The summed E-state index contributed by atoms with van der Waals surface area (Å²) in [7, 11) is 0. The monoisotopic (exact) mass is 233 g/mol. The fraction of sp³-hybridized carbons (Fsp3) is 0.333. The van der Waals surface area contributed by atoms with E-state index in [0.29, 0.717) is 17.8 Å². The summed E-state index contributed by atoms with van der Waals surface area (Å²) in [5.41, 5.74) is -0.0121. The van der Waals surface area contributed by atoms with Gasteiger partial charge in [0.05, 0.1) is 11.7 Å². The van der Waals surface area contributed by atoms with Gasteiger partial charge in [0.25, 0.3) is 5.56 Å². The Morgan fingerprint density at radius 2 is 2.29 bits per heavy atom. The minimum absolute atomic E-state index is 0.153. The fourth-order valence-corrected chi connectivity index (χ4v) is 2.04. The summed E-state index contributed by atoms with van der Waals surface area (Å²) in [6, 6.07) is 4.47. The Morgan fingerprint density at radius 3 is 3.00 bits per heavy atom. The lowest BCUT2D eigenvalue weighted by Crippen LogP contribution is -2.45. The van der Waals surface area contributed by atoms with Crippen molar-refractivity contribution >= 4 is 10.9 Å². The van der Waals surface area contributed by atoms with Crippen molar-refractivity contribution in [2.24, 2.45) is 5.92 Å². The molecule has 1 fully saturated rings. The molecule has 0 atom stereocenters. The molecule has 1 aliphatic heterocycles. The molecule has 1 aromatic carbocycles. The van der Waals surface area contributed by atoms with Crippen LogP contribution in [0, 0.1) is 11.7 Å². The number of halogens is 1. The largest absolute Gasteiger partial charge is 0.316 e. The van der Waals surface area contributed by atoms with Crippen molar-refractivity contribution in [1.29, 1.82) is 0 Å². The molecule has 0 saturated carbocycles. The van der Waals surface area contributed by atoms with Crippen molar-refractivity contribution in [2.75, 3.05) is 13.1 Å². The van der Waals surface area contributed by atoms with Crippen LogP contribution >= 0.6 is 0 Å². The van der Waals surface area contributed by atoms with Crippen molar-refractivity contribution < 1.29 is 4.39 Å². The van der Waals surface area contributed by atoms with Crippen LogP contribution in [0.1, 0.15) is 0 Å². The van der Waals surface area contributed by atoms with E-state index >= 15 is 0 Å². The van der Waals surface area contributed by atoms with Gasteiger partial charge in [-0.3, -0.25) is 9.36 Å². The zero-order chi connectivity index (χ0) is 11.8. The molecule has 0 bridgehead atoms. The van der Waals surface area contributed by atoms with Gasteiger partial charge in [-0.05, 0) is 12.1 Å². The predicted octanol–water partition coefficient (Wildman–Crippen LogP) is 0.755. The Bertz CT molecular complexity index is 619. The minimum atomic E-state index is -0.447. The first-order valence-corrected chi connectivity index (χ1v) is 5.60. The number of hydrogen-bond donors (Lipinski definition) is 1. The summed E-state index contributed by atoms with van der Waals surface area (Å²) in [6.07, 6.45) is 1.44. The molecule has 2 heterocycles. The Hall–Kier alpha value is -1.75. The maximum absolute atomic E-state index is 13.4. The van der Waals surface area contributed by atoms with Crippen LogP contribution in [0.5, 0.6) is 0 Å². The molecule has 2 aromatic rings. The summed E-state index contributed by atoms with van der Waals surface area (Å²) in [6.45, 7) is 2.49. The van der Waals surface area contributed by atoms with Gasteiger partial charge < -0.3 is 5.32 Å². The van der Waals surface area contributed by atoms with Crippen LogP contribution in [0.3, 0.4) is 0 Å². The van der Waals surface area contributed by atoms with E-state index < -0.39 is 5.82 Å². The molecule has 1 N–H and O–H groups in total. The van der Waals surface area contributed by atoms with Crippen LogP contribution in [0.15, 0.2) is 29.3 Å². The molecule has 4 nitrogen and oxygen atoms in total. The number of fused-ring (bicyclic) bond motifs is 1. The molecular weight excluding hydrogens is 221 g/mol. The van der Waals surface area contributed by atoms with Crippen LogP contribution in [0.25, 0.3) is 10.9 Å². The summed E-state index contributed by atoms with van der Waals surface area (Å²) >= 11 is 0. The van der Waals surface area contributed by atoms with Gasteiger partial charge in [-0.25, -0.2) is 9.37 Å². The van der Waals surface area contributed by atoms with Crippen LogP contribution in [0.4, 0.5) is 4.39 Å². The zero-order valence-electron chi connectivity index (χ0n) is 9.19. The second kappa shape index (κ2) is 3.92. The van der Waals surface area contributed by atoms with Gasteiger partial charge in [0.1, 0.15) is 11.3 Å². The molecule has 0 amide bonds. The molecule has 17 heavy (non-hydrogen) atoms. The maximum Gasteiger partial charge on any atom is 0.261 e. The number of hydrogen-bond acceptors (Lipinski definition) is 3. The lowest BCUT2D eigenvalue weighted by Gasteiger charge is -2.27. The maximum atomic E-state index is 13.4. The molecular formula is C12H12FN3O. The van der Waals surface area contributed by atoms with E-state index in [9.17, 15) is 9.18 Å². The highest BCUT2D eigenvalue weighted by molar-refractivity contribution is 5.77. The van der Waals surface area contributed by atoms with Crippen molar-refractivity contribution in [3.63, 3.8) is 0 Å². The lowest BCUT2D eigenvalue weighted by atomic mass is 10.0. The normalized spacial score (nSPS) is 16.1. The van der Waals surface area contributed by atoms with E-state index in [-0.39, 0.29) is 11.1 Å². The average Bonchev–Trinajstić information content (AvgIpc) is 2.27. The van der Waals surface area contributed by atoms with Crippen LogP contribution in [-0.2, 0) is 6.54 Å². The smallest absolute Gasteiger partial charge is 0.261 e. The number of aromatic nitrogens is 2. The summed E-state index contributed by atoms with van der Waals surface area (Å²) in [5, 5.41) is 3.50. The van der Waals surface area contributed by atoms with E-state index in [0.717, 1.165) is 13.1 Å². The van der Waals surface area contributed by atoms with E-state index in [1.165, 1.54) is 18.5 Å². The first-order valence-electron chi connectivity index (χ1n) is 5.60. The Balaban J connectivity index is 2.09. The first-order chi connectivity index (χ1) is 8.25. The van der Waals surface area contributed by atoms with E-state index in [1.54, 1.807) is 10.6 Å². The topological polar surface area (TPSA) is 46.9 Å². The number of rotatable bonds is 2. The Labute approximate surface area is 97.1 Å². The van der Waals surface area contributed by atoms with Gasteiger partial charge in [0.15, 0.2) is 0 Å². The van der Waals surface area contributed by atoms with Crippen LogP contribution in [-0.4, -0.2) is 22.6 Å². The summed E-state index contributed by atoms with van der Waals surface area (Å²) < 4.78 is 15.0. The molecule has 0 unspecified atom stereocenters. The molecule has 0 aliphatic carbocycles. The van der Waals surface area contributed by atoms with Crippen molar-refractivity contribution in [3.8, 4) is 0 Å². The van der Waals surface area contributed by atoms with E-state index in [2.05, 4.69) is 10.3 Å². The minimum Gasteiger partial charge on any atom is -0.316 e. The van der Waals surface area contributed by atoms with Gasteiger partial charge in [-0.2, -0.15) is 0 Å². The second-order valence-corrected chi connectivity index (χ2v) is 4.36. The van der Waals surface area contributed by atoms with Gasteiger partial charge in [0, 0.05) is 25.6 Å². The van der Waals surface area contributed by atoms with Crippen LogP contribution < -0.4 is 10.9 Å². The summed E-state index contributed by atoms with van der Waals surface area (Å²) in [5.74, 6) is 0.0255. The molecule has 1 saturated heterocycles. The standard InChI is InChI=1S/C12H12FN3O/c13-10-3-1-2-9-11(10)15-7-16(12(9)17)6-8-4-14-5-8/h1-3,7-8,14H,4-6H2. The zero-order valence-corrected chi connectivity index (χ0v) is 9.19. The SMILES string of the molecule is O=c1c2cccc(F)c2ncn1CC1CNC1. The van der Waals surface area contributed by atoms with Crippen molar-refractivity contribution in [1.82, 2.24) is 14.9 Å². The predicted molar refractivity (Wildman–Crippen MR) is 62.3 cm³/mol. The molecule has 5 heteroatoms. The van der Waals surface area contributed by atoms with E-state index in [1.807, 2.05) is 0 Å². The Morgan fingerprint density at radius 1 is 1.47 bits per heavy atom.